The Balaban J connectivity index is 1.32. The van der Waals surface area contributed by atoms with Gasteiger partial charge in [-0.25, -0.2) is 0 Å². The Morgan fingerprint density at radius 3 is 2.31 bits per heavy atom. The van der Waals surface area contributed by atoms with Crippen molar-refractivity contribution >= 4 is 5.78 Å². The Kier molecular flexibility index (Phi) is 4.78. The third-order valence-corrected chi connectivity index (χ3v) is 13.5. The number of carbonyl (C=O) groups excluding carboxylic acids is 1. The quantitative estimate of drug-likeness (QED) is 0.541. The fourth-order valence-corrected chi connectivity index (χ4v) is 11.4. The predicted molar refractivity (Wildman–Crippen MR) is 134 cm³/mol. The van der Waals surface area contributed by atoms with E-state index in [0.717, 1.165) is 32.1 Å². The van der Waals surface area contributed by atoms with Gasteiger partial charge in [0, 0.05) is 23.7 Å². The zero-order valence-electron chi connectivity index (χ0n) is 23.2. The first-order valence-corrected chi connectivity index (χ1v) is 14.3. The number of carbonyl (C=O) groups is 1. The van der Waals surface area contributed by atoms with Gasteiger partial charge in [0.15, 0.2) is 0 Å². The lowest BCUT2D eigenvalue weighted by Gasteiger charge is -2.69. The first-order valence-electron chi connectivity index (χ1n) is 14.3. The second kappa shape index (κ2) is 6.74. The summed E-state index contributed by atoms with van der Waals surface area (Å²) < 4.78 is 12.6. The summed E-state index contributed by atoms with van der Waals surface area (Å²) in [6, 6.07) is 0. The number of aliphatic hydroxyl groups excluding tert-OH is 2. The zero-order valence-corrected chi connectivity index (χ0v) is 23.2. The number of fused-ring (bicyclic) bond motifs is 4. The summed E-state index contributed by atoms with van der Waals surface area (Å²) in [5, 5.41) is 22.9. The van der Waals surface area contributed by atoms with E-state index in [2.05, 4.69) is 41.5 Å². The van der Waals surface area contributed by atoms with Crippen molar-refractivity contribution in [1.29, 1.82) is 0 Å². The Hall–Kier alpha value is -0.490. The largest absolute Gasteiger partial charge is 0.393 e. The van der Waals surface area contributed by atoms with Crippen molar-refractivity contribution in [2.45, 2.75) is 142 Å². The summed E-state index contributed by atoms with van der Waals surface area (Å²) in [6.07, 6.45) is 6.12. The second-order valence-electron chi connectivity index (χ2n) is 15.4. The minimum atomic E-state index is -0.476. The van der Waals surface area contributed by atoms with E-state index in [4.69, 9.17) is 9.47 Å². The van der Waals surface area contributed by atoms with Crippen LogP contribution in [0.4, 0.5) is 0 Å². The van der Waals surface area contributed by atoms with E-state index >= 15 is 0 Å². The van der Waals surface area contributed by atoms with E-state index in [1.54, 1.807) is 0 Å². The highest BCUT2D eigenvalue weighted by atomic mass is 16.6. The molecule has 2 N–H and O–H groups in total. The number of ketones is 1. The lowest BCUT2D eigenvalue weighted by atomic mass is 9.35. The molecule has 2 aliphatic heterocycles. The van der Waals surface area contributed by atoms with Crippen molar-refractivity contribution in [3.05, 3.63) is 0 Å². The van der Waals surface area contributed by atoms with Gasteiger partial charge < -0.3 is 19.7 Å². The molecule has 0 radical (unpaired) electrons. The molecule has 0 aromatic rings. The van der Waals surface area contributed by atoms with Gasteiger partial charge in [-0.2, -0.15) is 0 Å². The molecule has 35 heavy (non-hydrogen) atoms. The predicted octanol–water partition coefficient (Wildman–Crippen LogP) is 5.05. The van der Waals surface area contributed by atoms with Crippen LogP contribution in [0.15, 0.2) is 0 Å². The highest BCUT2D eigenvalue weighted by Crippen LogP contribution is 2.84. The summed E-state index contributed by atoms with van der Waals surface area (Å²) in [5.41, 5.74) is -1.20. The molecule has 6 rings (SSSR count). The van der Waals surface area contributed by atoms with Crippen LogP contribution in [-0.2, 0) is 14.3 Å². The summed E-state index contributed by atoms with van der Waals surface area (Å²) in [5.74, 6) is 1.11. The average molecular weight is 489 g/mol. The molecule has 4 saturated carbocycles. The lowest BCUT2D eigenvalue weighted by Crippen LogP contribution is -2.69. The van der Waals surface area contributed by atoms with Crippen LogP contribution in [0.3, 0.4) is 0 Å². The van der Waals surface area contributed by atoms with Crippen LogP contribution in [0, 0.1) is 39.4 Å². The van der Waals surface area contributed by atoms with Crippen LogP contribution in [0.1, 0.15) is 107 Å². The van der Waals surface area contributed by atoms with Crippen molar-refractivity contribution < 1.29 is 24.5 Å². The smallest absolute Gasteiger partial charge is 0.138 e. The van der Waals surface area contributed by atoms with Gasteiger partial charge in [0.2, 0.25) is 0 Å². The van der Waals surface area contributed by atoms with Gasteiger partial charge in [0.25, 0.3) is 0 Å². The van der Waals surface area contributed by atoms with Crippen LogP contribution < -0.4 is 0 Å². The molecule has 0 bridgehead atoms. The Labute approximate surface area is 211 Å². The molecule has 2 saturated heterocycles. The summed E-state index contributed by atoms with van der Waals surface area (Å²) in [6.45, 7) is 17.9. The number of ether oxygens (including phenoxy) is 2. The molecule has 1 spiro atoms. The lowest BCUT2D eigenvalue weighted by molar-refractivity contribution is -0.242. The van der Waals surface area contributed by atoms with Crippen molar-refractivity contribution in [3.63, 3.8) is 0 Å². The van der Waals surface area contributed by atoms with Gasteiger partial charge in [-0.05, 0) is 81.0 Å². The van der Waals surface area contributed by atoms with Gasteiger partial charge in [0.05, 0.1) is 17.8 Å². The molecule has 5 nitrogen and oxygen atoms in total. The second-order valence-corrected chi connectivity index (χ2v) is 15.4. The summed E-state index contributed by atoms with van der Waals surface area (Å²) >= 11 is 0. The molecule has 6 aliphatic rings. The van der Waals surface area contributed by atoms with E-state index in [0.29, 0.717) is 31.0 Å². The maximum atomic E-state index is 12.9. The van der Waals surface area contributed by atoms with Crippen molar-refractivity contribution in [1.82, 2.24) is 0 Å². The third kappa shape index (κ3) is 2.68. The summed E-state index contributed by atoms with van der Waals surface area (Å²) in [7, 11) is 0. The zero-order chi connectivity index (χ0) is 25.6. The van der Waals surface area contributed by atoms with E-state index in [-0.39, 0.29) is 56.4 Å². The topological polar surface area (TPSA) is 82.6 Å². The van der Waals surface area contributed by atoms with Crippen LogP contribution in [0.5, 0.6) is 0 Å². The van der Waals surface area contributed by atoms with Gasteiger partial charge >= 0.3 is 0 Å². The minimum absolute atomic E-state index is 0.0158. The van der Waals surface area contributed by atoms with Crippen LogP contribution in [0.25, 0.3) is 0 Å². The maximum Gasteiger partial charge on any atom is 0.138 e. The SMILES string of the molecule is C[C@H](C[C@H](O)[C@H]1OC1(C)C)[C@]12CC[C@@]3(C)[C@@]1(CC(O)C1[C@@]4(C)CCC(=O)C(C)(C)C4CC[C@@]13C)O2. The number of rotatable bonds is 4. The molecule has 0 aromatic heterocycles. The molecule has 0 amide bonds. The number of hydrogen-bond acceptors (Lipinski definition) is 5. The number of Topliss-reactive ketones (excluding diaryl/α,β-unsaturated/α-hetero) is 1. The number of hydrogen-bond donors (Lipinski definition) is 2. The van der Waals surface area contributed by atoms with Crippen LogP contribution >= 0.6 is 0 Å². The number of epoxide rings is 2. The van der Waals surface area contributed by atoms with Crippen molar-refractivity contribution in [2.75, 3.05) is 0 Å². The van der Waals surface area contributed by atoms with Crippen molar-refractivity contribution in [2.24, 2.45) is 39.4 Å². The highest BCUT2D eigenvalue weighted by Gasteiger charge is 2.88. The first-order chi connectivity index (χ1) is 16.0. The molecule has 4 aliphatic carbocycles. The van der Waals surface area contributed by atoms with Gasteiger partial charge in [-0.3, -0.25) is 4.79 Å². The highest BCUT2D eigenvalue weighted by molar-refractivity contribution is 5.85. The number of aliphatic hydroxyl groups is 2. The van der Waals surface area contributed by atoms with E-state index < -0.39 is 12.2 Å². The molecule has 11 atom stereocenters. The Morgan fingerprint density at radius 1 is 1.03 bits per heavy atom. The summed E-state index contributed by atoms with van der Waals surface area (Å²) in [4.78, 5) is 12.9. The molecular weight excluding hydrogens is 440 g/mol. The Bertz CT molecular complexity index is 958. The minimum Gasteiger partial charge on any atom is -0.393 e. The monoisotopic (exact) mass is 488 g/mol. The Morgan fingerprint density at radius 2 is 1.69 bits per heavy atom. The van der Waals surface area contributed by atoms with Gasteiger partial charge in [-0.1, -0.05) is 41.5 Å². The normalized spacial score (nSPS) is 56.8. The van der Waals surface area contributed by atoms with E-state index in [9.17, 15) is 15.0 Å². The fraction of sp³-hybridized carbons (Fsp3) is 0.967. The van der Waals surface area contributed by atoms with Gasteiger partial charge in [0.1, 0.15) is 23.1 Å². The van der Waals surface area contributed by atoms with Crippen LogP contribution in [0.2, 0.25) is 0 Å². The van der Waals surface area contributed by atoms with Crippen LogP contribution in [-0.4, -0.2) is 51.1 Å². The fourth-order valence-electron chi connectivity index (χ4n) is 11.4. The molecule has 2 heterocycles. The first kappa shape index (κ1) is 24.8. The molecule has 0 aromatic carbocycles. The van der Waals surface area contributed by atoms with Crippen molar-refractivity contribution in [3.8, 4) is 0 Å². The molecule has 198 valence electrons. The molecule has 6 fully saturated rings. The standard InChI is InChI=1S/C30H48O5/c1-17(15-18(31)23-25(4,5)34-23)29-14-13-28(8)27(7)12-9-20-24(2,3)21(33)10-11-26(20,6)22(27)19(32)16-30(28,29)35-29/h17-20,22-23,31-32H,9-16H2,1-8H3/t17-,18+,19?,20?,22?,23-,26+,27+,28-,29-,30-/m1/s1. The molecule has 5 heteroatoms. The molecule has 3 unspecified atom stereocenters. The van der Waals surface area contributed by atoms with E-state index in [1.165, 1.54) is 0 Å². The maximum absolute atomic E-state index is 12.9. The van der Waals surface area contributed by atoms with E-state index in [1.807, 2.05) is 13.8 Å². The molecular formula is C30H48O5. The average Bonchev–Trinajstić information content (AvgIpc) is 3.58. The third-order valence-electron chi connectivity index (χ3n) is 13.5. The van der Waals surface area contributed by atoms with Gasteiger partial charge in [-0.15, -0.1) is 0 Å².